The van der Waals surface area contributed by atoms with Crippen LogP contribution in [0.4, 0.5) is 11.4 Å². The highest BCUT2D eigenvalue weighted by atomic mass is 32.1. The first-order valence-electron chi connectivity index (χ1n) is 14.0. The zero-order valence-electron chi connectivity index (χ0n) is 25.8. The highest BCUT2D eigenvalue weighted by molar-refractivity contribution is 7.09. The highest BCUT2D eigenvalue weighted by Crippen LogP contribution is 2.26. The molecule has 8 nitrogen and oxygen atoms in total. The predicted molar refractivity (Wildman–Crippen MR) is 173 cm³/mol. The third-order valence-corrected chi connectivity index (χ3v) is 8.38. The summed E-state index contributed by atoms with van der Waals surface area (Å²) in [5.41, 5.74) is 15.2. The standard InChI is InChI=1S/C16H20N2O3S.C16H22N2OS/c1-10(2)21-8-14-9-22-16(17-14)7-13-5-12(4)15(18(19)20)6-11(13)3;1-10(2)19-8-14-9-20-16(18-14)7-13-5-12(4)15(17)6-11(13)3/h5-6,9-10H,7-8H2,1-4H3;5-6,9-10H,7-8,17H2,1-4H3. The van der Waals surface area contributed by atoms with Crippen LogP contribution in [0.25, 0.3) is 0 Å². The lowest BCUT2D eigenvalue weighted by molar-refractivity contribution is -0.385. The lowest BCUT2D eigenvalue weighted by atomic mass is 10.0. The number of anilines is 1. The molecule has 0 saturated carbocycles. The van der Waals surface area contributed by atoms with E-state index in [1.807, 2.05) is 59.1 Å². The highest BCUT2D eigenvalue weighted by Gasteiger charge is 2.15. The number of nitrogens with two attached hydrogens (primary N) is 1. The average Bonchev–Trinajstić information content (AvgIpc) is 3.56. The largest absolute Gasteiger partial charge is 0.399 e. The fraction of sp³-hybridized carbons (Fsp3) is 0.438. The van der Waals surface area contributed by atoms with E-state index in [1.165, 1.54) is 11.1 Å². The van der Waals surface area contributed by atoms with Gasteiger partial charge < -0.3 is 15.2 Å². The Morgan fingerprint density at radius 2 is 1.21 bits per heavy atom. The van der Waals surface area contributed by atoms with Crippen molar-refractivity contribution < 1.29 is 14.4 Å². The number of nitrogen functional groups attached to an aromatic ring is 1. The molecule has 4 rings (SSSR count). The number of aromatic nitrogens is 2. The number of ether oxygens (including phenoxy) is 2. The van der Waals surface area contributed by atoms with E-state index in [2.05, 4.69) is 28.3 Å². The van der Waals surface area contributed by atoms with Crippen molar-refractivity contribution >= 4 is 34.0 Å². The number of nitro benzene ring substituents is 1. The quantitative estimate of drug-likeness (QED) is 0.104. The van der Waals surface area contributed by atoms with Gasteiger partial charge in [-0.1, -0.05) is 6.07 Å². The van der Waals surface area contributed by atoms with Gasteiger partial charge in [0, 0.05) is 40.9 Å². The van der Waals surface area contributed by atoms with Crippen molar-refractivity contribution in [3.05, 3.63) is 99.9 Å². The van der Waals surface area contributed by atoms with E-state index in [-0.39, 0.29) is 22.8 Å². The van der Waals surface area contributed by atoms with Gasteiger partial charge in [-0.15, -0.1) is 22.7 Å². The average molecular weight is 611 g/mol. The van der Waals surface area contributed by atoms with E-state index in [0.717, 1.165) is 50.2 Å². The monoisotopic (exact) mass is 610 g/mol. The maximum atomic E-state index is 11.0. The van der Waals surface area contributed by atoms with Gasteiger partial charge in [0.2, 0.25) is 0 Å². The van der Waals surface area contributed by atoms with Crippen LogP contribution in [0.3, 0.4) is 0 Å². The maximum absolute atomic E-state index is 11.0. The van der Waals surface area contributed by atoms with Gasteiger partial charge in [0.25, 0.3) is 5.69 Å². The molecule has 4 aromatic rings. The lowest BCUT2D eigenvalue weighted by Gasteiger charge is -2.08. The Labute approximate surface area is 257 Å². The molecular formula is C32H42N4O4S2. The van der Waals surface area contributed by atoms with E-state index in [1.54, 1.807) is 35.7 Å². The van der Waals surface area contributed by atoms with Gasteiger partial charge in [-0.25, -0.2) is 9.97 Å². The molecular weight excluding hydrogens is 569 g/mol. The molecule has 2 N–H and O–H groups in total. The van der Waals surface area contributed by atoms with Gasteiger partial charge in [-0.3, -0.25) is 10.1 Å². The summed E-state index contributed by atoms with van der Waals surface area (Å²) in [5.74, 6) is 0. The SMILES string of the molecule is Cc1cc(Cc2nc(COC(C)C)cs2)c(C)cc1N.Cc1cc([N+](=O)[O-])c(C)cc1Cc1nc(COC(C)C)cs1. The van der Waals surface area contributed by atoms with Crippen molar-refractivity contribution in [2.24, 2.45) is 0 Å². The van der Waals surface area contributed by atoms with E-state index >= 15 is 0 Å². The van der Waals surface area contributed by atoms with Gasteiger partial charge in [0.15, 0.2) is 0 Å². The molecule has 0 bridgehead atoms. The third-order valence-electron chi connectivity index (χ3n) is 6.59. The summed E-state index contributed by atoms with van der Waals surface area (Å²) in [6.07, 6.45) is 1.97. The summed E-state index contributed by atoms with van der Waals surface area (Å²) in [7, 11) is 0. The number of aryl methyl sites for hydroxylation is 4. The van der Waals surface area contributed by atoms with Crippen LogP contribution < -0.4 is 5.73 Å². The molecule has 0 amide bonds. The second kappa shape index (κ2) is 15.3. The number of rotatable bonds is 11. The van der Waals surface area contributed by atoms with Crippen molar-refractivity contribution in [2.75, 3.05) is 5.73 Å². The van der Waals surface area contributed by atoms with Crippen molar-refractivity contribution in [1.29, 1.82) is 0 Å². The van der Waals surface area contributed by atoms with Crippen molar-refractivity contribution in [1.82, 2.24) is 9.97 Å². The van der Waals surface area contributed by atoms with Gasteiger partial charge in [-0.2, -0.15) is 0 Å². The van der Waals surface area contributed by atoms with Gasteiger partial charge in [0.1, 0.15) is 0 Å². The first kappa shape index (κ1) is 33.3. The fourth-order valence-corrected chi connectivity index (χ4v) is 5.76. The summed E-state index contributed by atoms with van der Waals surface area (Å²) in [6, 6.07) is 7.73. The Kier molecular flexibility index (Phi) is 12.2. The van der Waals surface area contributed by atoms with Crippen LogP contribution in [0.1, 0.15) is 82.5 Å². The third kappa shape index (κ3) is 9.97. The number of hydrogen-bond acceptors (Lipinski definition) is 9. The molecule has 0 unspecified atom stereocenters. The number of nitrogens with zero attached hydrogens (tertiary/aromatic N) is 3. The fourth-order valence-electron chi connectivity index (χ4n) is 4.16. The van der Waals surface area contributed by atoms with E-state index in [0.29, 0.717) is 25.2 Å². The summed E-state index contributed by atoms with van der Waals surface area (Å²) < 4.78 is 11.1. The van der Waals surface area contributed by atoms with Crippen molar-refractivity contribution in [3.63, 3.8) is 0 Å². The van der Waals surface area contributed by atoms with Crippen LogP contribution >= 0.6 is 22.7 Å². The Hall–Kier alpha value is -3.18. The molecule has 0 aliphatic heterocycles. The first-order valence-corrected chi connectivity index (χ1v) is 15.8. The molecule has 2 aromatic heterocycles. The zero-order valence-corrected chi connectivity index (χ0v) is 27.4. The Bertz CT molecular complexity index is 1490. The van der Waals surface area contributed by atoms with Gasteiger partial charge >= 0.3 is 0 Å². The molecule has 2 heterocycles. The number of benzene rings is 2. The minimum atomic E-state index is -0.336. The molecule has 0 spiro atoms. The summed E-state index contributed by atoms with van der Waals surface area (Å²) >= 11 is 3.29. The van der Waals surface area contributed by atoms with E-state index in [9.17, 15) is 10.1 Å². The molecule has 226 valence electrons. The molecule has 10 heteroatoms. The van der Waals surface area contributed by atoms with Crippen LogP contribution in [0.15, 0.2) is 35.0 Å². The van der Waals surface area contributed by atoms with Crippen LogP contribution in [0.2, 0.25) is 0 Å². The van der Waals surface area contributed by atoms with Crippen molar-refractivity contribution in [2.45, 2.75) is 93.7 Å². The summed E-state index contributed by atoms with van der Waals surface area (Å²) in [4.78, 5) is 19.8. The maximum Gasteiger partial charge on any atom is 0.272 e. The van der Waals surface area contributed by atoms with Gasteiger partial charge in [0.05, 0.1) is 51.7 Å². The van der Waals surface area contributed by atoms with Crippen LogP contribution in [-0.2, 0) is 35.5 Å². The topological polar surface area (TPSA) is 113 Å². The van der Waals surface area contributed by atoms with E-state index < -0.39 is 0 Å². The number of hydrogen-bond donors (Lipinski definition) is 1. The van der Waals surface area contributed by atoms with Gasteiger partial charge in [-0.05, 0) is 95.3 Å². The summed E-state index contributed by atoms with van der Waals surface area (Å²) in [6.45, 7) is 17.0. The predicted octanol–water partition coefficient (Wildman–Crippen LogP) is 8.04. The van der Waals surface area contributed by atoms with Crippen LogP contribution in [0, 0.1) is 37.8 Å². The number of thiazole rings is 2. The molecule has 0 aliphatic rings. The van der Waals surface area contributed by atoms with Crippen LogP contribution in [0.5, 0.6) is 0 Å². The molecule has 0 radical (unpaired) electrons. The van der Waals surface area contributed by atoms with Crippen LogP contribution in [-0.4, -0.2) is 27.1 Å². The Morgan fingerprint density at radius 3 is 1.67 bits per heavy atom. The molecule has 0 saturated heterocycles. The molecule has 42 heavy (non-hydrogen) atoms. The smallest absolute Gasteiger partial charge is 0.272 e. The summed E-state index contributed by atoms with van der Waals surface area (Å²) in [5, 5.41) is 17.2. The van der Waals surface area contributed by atoms with E-state index in [4.69, 9.17) is 15.2 Å². The zero-order chi connectivity index (χ0) is 31.0. The molecule has 2 aromatic carbocycles. The Morgan fingerprint density at radius 1 is 0.762 bits per heavy atom. The molecule has 0 atom stereocenters. The molecule has 0 aliphatic carbocycles. The van der Waals surface area contributed by atoms with Crippen molar-refractivity contribution in [3.8, 4) is 0 Å². The second-order valence-electron chi connectivity index (χ2n) is 11.0. The number of nitro groups is 1. The normalized spacial score (nSPS) is 11.2. The lowest BCUT2D eigenvalue weighted by Crippen LogP contribution is -2.02. The minimum absolute atomic E-state index is 0.173. The Balaban J connectivity index is 0.000000231. The molecule has 0 fully saturated rings. The first-order chi connectivity index (χ1) is 19.8. The second-order valence-corrected chi connectivity index (χ2v) is 12.9. The minimum Gasteiger partial charge on any atom is -0.399 e.